The van der Waals surface area contributed by atoms with E-state index in [0.717, 1.165) is 17.7 Å². The summed E-state index contributed by atoms with van der Waals surface area (Å²) in [7, 11) is 0. The molecule has 8 heteroatoms. The molecule has 1 aromatic carbocycles. The third-order valence-electron chi connectivity index (χ3n) is 5.93. The van der Waals surface area contributed by atoms with Crippen molar-refractivity contribution in [1.82, 2.24) is 9.88 Å². The maximum atomic E-state index is 13.5. The van der Waals surface area contributed by atoms with Crippen LogP contribution in [-0.2, 0) is 18.4 Å². The van der Waals surface area contributed by atoms with Crippen LogP contribution in [0.1, 0.15) is 76.7 Å². The Labute approximate surface area is 203 Å². The van der Waals surface area contributed by atoms with Crippen molar-refractivity contribution < 1.29 is 19.1 Å². The van der Waals surface area contributed by atoms with E-state index in [9.17, 15) is 14.7 Å². The molecular formula is C25H28BrN3O4. The van der Waals surface area contributed by atoms with Crippen molar-refractivity contribution in [2.75, 3.05) is 6.54 Å². The number of carboxylic acid groups (broad SMARTS) is 1. The fourth-order valence-electron chi connectivity index (χ4n) is 4.46. The monoisotopic (exact) mass is 513 g/mol. The number of hydrogen-bond acceptors (Lipinski definition) is 5. The SMILES string of the molecule is Br.CCc1ccc2c(n1)C(=N)N(CC(=O)c1ccc3oc(C)c(C(=O)O)c3c1C(C)(C)C)C2. The average molecular weight is 514 g/mol. The Morgan fingerprint density at radius 3 is 2.52 bits per heavy atom. The molecule has 3 heterocycles. The van der Waals surface area contributed by atoms with E-state index in [2.05, 4.69) is 4.98 Å². The summed E-state index contributed by atoms with van der Waals surface area (Å²) in [4.78, 5) is 31.7. The molecule has 7 nitrogen and oxygen atoms in total. The molecule has 1 aliphatic heterocycles. The number of hydrogen-bond donors (Lipinski definition) is 2. The molecule has 2 N–H and O–H groups in total. The molecule has 33 heavy (non-hydrogen) atoms. The summed E-state index contributed by atoms with van der Waals surface area (Å²) in [5.74, 6) is -0.684. The normalized spacial score (nSPS) is 13.2. The zero-order chi connectivity index (χ0) is 23.4. The van der Waals surface area contributed by atoms with Crippen LogP contribution in [-0.4, -0.2) is 39.1 Å². The first-order valence-electron chi connectivity index (χ1n) is 10.7. The summed E-state index contributed by atoms with van der Waals surface area (Å²) >= 11 is 0. The second kappa shape index (κ2) is 8.74. The molecule has 174 valence electrons. The smallest absolute Gasteiger partial charge is 0.339 e. The van der Waals surface area contributed by atoms with E-state index in [1.165, 1.54) is 0 Å². The number of aryl methyl sites for hydroxylation is 2. The van der Waals surface area contributed by atoms with Gasteiger partial charge in [0.15, 0.2) is 5.78 Å². The molecule has 2 aromatic heterocycles. The summed E-state index contributed by atoms with van der Waals surface area (Å²) in [6.45, 7) is 9.97. The largest absolute Gasteiger partial charge is 0.478 e. The number of furan rings is 1. The van der Waals surface area contributed by atoms with Crippen LogP contribution in [0.2, 0.25) is 0 Å². The van der Waals surface area contributed by atoms with Crippen LogP contribution in [0.15, 0.2) is 28.7 Å². The van der Waals surface area contributed by atoms with Gasteiger partial charge in [-0.15, -0.1) is 17.0 Å². The zero-order valence-electron chi connectivity index (χ0n) is 19.4. The highest BCUT2D eigenvalue weighted by Gasteiger charge is 2.32. The molecule has 0 unspecified atom stereocenters. The molecule has 0 spiro atoms. The van der Waals surface area contributed by atoms with E-state index in [1.54, 1.807) is 24.0 Å². The lowest BCUT2D eigenvalue weighted by atomic mass is 9.79. The van der Waals surface area contributed by atoms with Crippen LogP contribution >= 0.6 is 17.0 Å². The minimum absolute atomic E-state index is 0. The number of Topliss-reactive ketones (excluding diaryl/α,β-unsaturated/α-hetero) is 1. The minimum atomic E-state index is -1.08. The number of rotatable bonds is 5. The van der Waals surface area contributed by atoms with Gasteiger partial charge in [-0.05, 0) is 42.5 Å². The van der Waals surface area contributed by atoms with Crippen molar-refractivity contribution in [1.29, 1.82) is 5.41 Å². The molecule has 0 radical (unpaired) electrons. The van der Waals surface area contributed by atoms with E-state index >= 15 is 0 Å². The number of benzene rings is 1. The maximum absolute atomic E-state index is 13.5. The summed E-state index contributed by atoms with van der Waals surface area (Å²) < 4.78 is 5.70. The molecule has 0 atom stereocenters. The van der Waals surface area contributed by atoms with Gasteiger partial charge in [0, 0.05) is 28.8 Å². The Kier molecular flexibility index (Phi) is 6.53. The Hall–Kier alpha value is -3.00. The van der Waals surface area contributed by atoms with E-state index < -0.39 is 11.4 Å². The van der Waals surface area contributed by atoms with E-state index in [0.29, 0.717) is 40.1 Å². The van der Waals surface area contributed by atoms with Gasteiger partial charge in [-0.25, -0.2) is 9.78 Å². The number of ketones is 1. The van der Waals surface area contributed by atoms with Crippen LogP contribution in [0.3, 0.4) is 0 Å². The van der Waals surface area contributed by atoms with Crippen LogP contribution in [0.25, 0.3) is 11.0 Å². The standard InChI is InChI=1S/C25H27N3O4.BrH/c1-6-15-8-7-14-11-28(23(26)22(14)27-15)12-17(29)16-9-10-18-20(21(16)25(3,4)5)19(24(30)31)13(2)32-18;/h7-10,26H,6,11-12H2,1-5H3,(H,30,31);1H. The second-order valence-electron chi connectivity index (χ2n) is 9.24. The number of carboxylic acids is 1. The van der Waals surface area contributed by atoms with Gasteiger partial charge in [0.25, 0.3) is 0 Å². The van der Waals surface area contributed by atoms with Gasteiger partial charge in [-0.3, -0.25) is 10.2 Å². The van der Waals surface area contributed by atoms with E-state index in [-0.39, 0.29) is 40.7 Å². The topological polar surface area (TPSA) is 107 Å². The molecule has 1 aliphatic rings. The molecule has 0 bridgehead atoms. The van der Waals surface area contributed by atoms with Crippen molar-refractivity contribution >= 4 is 45.5 Å². The summed E-state index contributed by atoms with van der Waals surface area (Å²) in [6, 6.07) is 7.30. The number of nitrogens with zero attached hydrogens (tertiary/aromatic N) is 2. The van der Waals surface area contributed by atoms with Gasteiger partial charge >= 0.3 is 5.97 Å². The van der Waals surface area contributed by atoms with Gasteiger partial charge in [-0.1, -0.05) is 33.8 Å². The third-order valence-corrected chi connectivity index (χ3v) is 5.93. The second-order valence-corrected chi connectivity index (χ2v) is 9.24. The van der Waals surface area contributed by atoms with Crippen LogP contribution in [0, 0.1) is 12.3 Å². The fraction of sp³-hybridized carbons (Fsp3) is 0.360. The summed E-state index contributed by atoms with van der Waals surface area (Å²) in [6.07, 6.45) is 0.782. The van der Waals surface area contributed by atoms with Crippen molar-refractivity contribution in [3.05, 3.63) is 63.7 Å². The Morgan fingerprint density at radius 1 is 1.21 bits per heavy atom. The van der Waals surface area contributed by atoms with Crippen LogP contribution in [0.4, 0.5) is 0 Å². The lowest BCUT2D eigenvalue weighted by Crippen LogP contribution is -2.32. The molecule has 0 amide bonds. The molecule has 0 saturated heterocycles. The van der Waals surface area contributed by atoms with Crippen LogP contribution < -0.4 is 0 Å². The molecule has 4 rings (SSSR count). The van der Waals surface area contributed by atoms with Crippen molar-refractivity contribution in [3.8, 4) is 0 Å². The highest BCUT2D eigenvalue weighted by molar-refractivity contribution is 8.93. The third kappa shape index (κ3) is 4.19. The Balaban J connectivity index is 0.00000306. The quantitative estimate of drug-likeness (QED) is 0.448. The Bertz CT molecular complexity index is 1290. The van der Waals surface area contributed by atoms with Crippen molar-refractivity contribution in [2.45, 2.75) is 53.0 Å². The highest BCUT2D eigenvalue weighted by atomic mass is 79.9. The molecule has 0 fully saturated rings. The van der Waals surface area contributed by atoms with E-state index in [4.69, 9.17) is 9.83 Å². The minimum Gasteiger partial charge on any atom is -0.478 e. The average Bonchev–Trinajstić information content (AvgIpc) is 3.21. The number of carbonyl (C=O) groups excluding carboxylic acids is 1. The highest BCUT2D eigenvalue weighted by Crippen LogP contribution is 2.38. The first-order valence-corrected chi connectivity index (χ1v) is 10.7. The van der Waals surface area contributed by atoms with Gasteiger partial charge in [-0.2, -0.15) is 0 Å². The number of fused-ring (bicyclic) bond motifs is 2. The van der Waals surface area contributed by atoms with Gasteiger partial charge in [0.1, 0.15) is 28.4 Å². The molecule has 0 aliphatic carbocycles. The number of amidine groups is 1. The summed E-state index contributed by atoms with van der Waals surface area (Å²) in [5.41, 5.74) is 3.65. The van der Waals surface area contributed by atoms with Crippen LogP contribution in [0.5, 0.6) is 0 Å². The molecule has 3 aromatic rings. The zero-order valence-corrected chi connectivity index (χ0v) is 21.1. The lowest BCUT2D eigenvalue weighted by molar-refractivity contribution is 0.0696. The number of pyridine rings is 1. The number of aromatic carboxylic acids is 1. The lowest BCUT2D eigenvalue weighted by Gasteiger charge is -2.25. The van der Waals surface area contributed by atoms with Gasteiger partial charge in [0.05, 0.1) is 6.54 Å². The first-order chi connectivity index (χ1) is 15.0. The summed E-state index contributed by atoms with van der Waals surface area (Å²) in [5, 5.41) is 18.8. The molecular weight excluding hydrogens is 486 g/mol. The Morgan fingerprint density at radius 2 is 1.91 bits per heavy atom. The van der Waals surface area contributed by atoms with Crippen molar-refractivity contribution in [3.63, 3.8) is 0 Å². The predicted octanol–water partition coefficient (Wildman–Crippen LogP) is 5.30. The van der Waals surface area contributed by atoms with E-state index in [1.807, 2.05) is 39.8 Å². The number of halogens is 1. The van der Waals surface area contributed by atoms with Gasteiger partial charge < -0.3 is 14.4 Å². The fourth-order valence-corrected chi connectivity index (χ4v) is 4.46. The number of nitrogens with one attached hydrogen (secondary N) is 1. The predicted molar refractivity (Wildman–Crippen MR) is 132 cm³/mol. The van der Waals surface area contributed by atoms with Gasteiger partial charge in [0.2, 0.25) is 0 Å². The molecule has 0 saturated carbocycles. The maximum Gasteiger partial charge on any atom is 0.339 e. The first kappa shape index (κ1) is 24.6. The number of aromatic nitrogens is 1. The number of carbonyl (C=O) groups is 2. The van der Waals surface area contributed by atoms with Crippen molar-refractivity contribution in [2.24, 2.45) is 0 Å².